The molecule has 1 saturated heterocycles. The molecule has 1 aliphatic heterocycles. The van der Waals surface area contributed by atoms with Crippen molar-refractivity contribution in [3.05, 3.63) is 17.9 Å². The van der Waals surface area contributed by atoms with Crippen molar-refractivity contribution in [3.63, 3.8) is 0 Å². The maximum Gasteiger partial charge on any atom is 0.167 e. The molecular weight excluding hydrogens is 235 g/mol. The monoisotopic (exact) mass is 254 g/mol. The fourth-order valence-corrected chi connectivity index (χ4v) is 2.25. The summed E-state index contributed by atoms with van der Waals surface area (Å²) >= 11 is 0. The summed E-state index contributed by atoms with van der Waals surface area (Å²) in [4.78, 5) is 1.96. The highest BCUT2D eigenvalue weighted by atomic mass is 19.1. The van der Waals surface area contributed by atoms with Gasteiger partial charge in [0, 0.05) is 25.2 Å². The van der Waals surface area contributed by atoms with E-state index in [2.05, 4.69) is 0 Å². The van der Waals surface area contributed by atoms with E-state index in [1.165, 1.54) is 6.07 Å². The van der Waals surface area contributed by atoms with Crippen LogP contribution in [0.25, 0.3) is 0 Å². The number of halogens is 1. The lowest BCUT2D eigenvalue weighted by atomic mass is 10.1. The largest absolute Gasteiger partial charge is 0.491 e. The van der Waals surface area contributed by atoms with E-state index in [1.54, 1.807) is 19.9 Å². The molecule has 1 aromatic rings. The summed E-state index contributed by atoms with van der Waals surface area (Å²) in [5.74, 6) is -0.252. The van der Waals surface area contributed by atoms with Crippen LogP contribution < -0.4 is 15.4 Å². The van der Waals surface area contributed by atoms with Crippen molar-refractivity contribution in [1.82, 2.24) is 0 Å². The number of nitrogens with two attached hydrogens (primary N) is 1. The third-order valence-corrected chi connectivity index (χ3v) is 3.17. The van der Waals surface area contributed by atoms with Crippen LogP contribution in [0, 0.1) is 5.82 Å². The first-order valence-corrected chi connectivity index (χ1v) is 6.12. The maximum atomic E-state index is 13.6. The average Bonchev–Trinajstić information content (AvgIpc) is 2.63. The molecule has 0 bridgehead atoms. The summed E-state index contributed by atoms with van der Waals surface area (Å²) in [6, 6.07) is 2.88. The van der Waals surface area contributed by atoms with Gasteiger partial charge in [0.05, 0.1) is 23.6 Å². The number of nitrogen functional groups attached to an aromatic ring is 1. The van der Waals surface area contributed by atoms with Crippen LogP contribution in [0.5, 0.6) is 5.75 Å². The molecule has 0 radical (unpaired) electrons. The minimum atomic E-state index is -0.716. The second-order valence-corrected chi connectivity index (χ2v) is 4.94. The SMILES string of the molecule is CCOc1cc(N2CCC(C)(O)C2)c(N)cc1F. The fourth-order valence-electron chi connectivity index (χ4n) is 2.25. The summed E-state index contributed by atoms with van der Waals surface area (Å²) in [7, 11) is 0. The van der Waals surface area contributed by atoms with Gasteiger partial charge in [-0.05, 0) is 20.3 Å². The minimum absolute atomic E-state index is 0.202. The molecule has 100 valence electrons. The minimum Gasteiger partial charge on any atom is -0.491 e. The first kappa shape index (κ1) is 13.0. The molecule has 1 heterocycles. The Morgan fingerprint density at radius 2 is 2.28 bits per heavy atom. The van der Waals surface area contributed by atoms with Crippen molar-refractivity contribution in [1.29, 1.82) is 0 Å². The molecule has 0 saturated carbocycles. The number of anilines is 2. The second kappa shape index (κ2) is 4.65. The van der Waals surface area contributed by atoms with Gasteiger partial charge in [0.25, 0.3) is 0 Å². The Labute approximate surface area is 106 Å². The Bertz CT molecular complexity index is 449. The Balaban J connectivity index is 2.30. The van der Waals surface area contributed by atoms with Crippen molar-refractivity contribution in [3.8, 4) is 5.75 Å². The molecule has 0 spiro atoms. The molecule has 0 aliphatic carbocycles. The predicted molar refractivity (Wildman–Crippen MR) is 69.4 cm³/mol. The topological polar surface area (TPSA) is 58.7 Å². The van der Waals surface area contributed by atoms with Gasteiger partial charge in [-0.15, -0.1) is 0 Å². The summed E-state index contributed by atoms with van der Waals surface area (Å²) in [6.07, 6.45) is 0.674. The summed E-state index contributed by atoms with van der Waals surface area (Å²) in [5.41, 5.74) is 6.21. The molecule has 1 aliphatic rings. The zero-order valence-electron chi connectivity index (χ0n) is 10.7. The van der Waals surface area contributed by atoms with Crippen LogP contribution in [0.1, 0.15) is 20.3 Å². The molecule has 2 rings (SSSR count). The van der Waals surface area contributed by atoms with Gasteiger partial charge in [-0.1, -0.05) is 0 Å². The van der Waals surface area contributed by atoms with Gasteiger partial charge < -0.3 is 20.5 Å². The molecule has 1 unspecified atom stereocenters. The van der Waals surface area contributed by atoms with Crippen LogP contribution in [0.15, 0.2) is 12.1 Å². The van der Waals surface area contributed by atoms with Gasteiger partial charge in [0.2, 0.25) is 0 Å². The van der Waals surface area contributed by atoms with E-state index in [0.717, 1.165) is 5.69 Å². The number of hydrogen-bond acceptors (Lipinski definition) is 4. The zero-order valence-corrected chi connectivity index (χ0v) is 10.7. The molecule has 18 heavy (non-hydrogen) atoms. The Kier molecular flexibility index (Phi) is 3.34. The number of nitrogens with zero attached hydrogens (tertiary/aromatic N) is 1. The van der Waals surface area contributed by atoms with Gasteiger partial charge in [0.15, 0.2) is 11.6 Å². The summed E-state index contributed by atoms with van der Waals surface area (Å²) in [6.45, 7) is 5.19. The Morgan fingerprint density at radius 1 is 1.56 bits per heavy atom. The highest BCUT2D eigenvalue weighted by Crippen LogP contribution is 2.35. The highest BCUT2D eigenvalue weighted by Gasteiger charge is 2.32. The van der Waals surface area contributed by atoms with Crippen LogP contribution in [0.3, 0.4) is 0 Å². The van der Waals surface area contributed by atoms with Gasteiger partial charge in [-0.25, -0.2) is 4.39 Å². The van der Waals surface area contributed by atoms with Crippen LogP contribution in [0.4, 0.5) is 15.8 Å². The molecule has 0 aromatic heterocycles. The van der Waals surface area contributed by atoms with Crippen molar-refractivity contribution < 1.29 is 14.2 Å². The molecule has 1 aromatic carbocycles. The van der Waals surface area contributed by atoms with Crippen molar-refractivity contribution in [2.75, 3.05) is 30.3 Å². The van der Waals surface area contributed by atoms with Crippen molar-refractivity contribution >= 4 is 11.4 Å². The first-order chi connectivity index (χ1) is 8.43. The Morgan fingerprint density at radius 3 is 2.83 bits per heavy atom. The van der Waals surface area contributed by atoms with Crippen LogP contribution in [-0.2, 0) is 0 Å². The van der Waals surface area contributed by atoms with Gasteiger partial charge in [-0.2, -0.15) is 0 Å². The lowest BCUT2D eigenvalue weighted by molar-refractivity contribution is 0.0839. The van der Waals surface area contributed by atoms with Crippen molar-refractivity contribution in [2.45, 2.75) is 25.9 Å². The van der Waals surface area contributed by atoms with E-state index in [1.807, 2.05) is 4.90 Å². The van der Waals surface area contributed by atoms with Gasteiger partial charge >= 0.3 is 0 Å². The van der Waals surface area contributed by atoms with Crippen LogP contribution in [0.2, 0.25) is 0 Å². The van der Waals surface area contributed by atoms with E-state index in [-0.39, 0.29) is 5.75 Å². The molecule has 1 fully saturated rings. The van der Waals surface area contributed by atoms with Gasteiger partial charge in [-0.3, -0.25) is 0 Å². The van der Waals surface area contributed by atoms with E-state index in [4.69, 9.17) is 10.5 Å². The normalized spacial score (nSPS) is 23.4. The van der Waals surface area contributed by atoms with E-state index >= 15 is 0 Å². The first-order valence-electron chi connectivity index (χ1n) is 6.12. The quantitative estimate of drug-likeness (QED) is 0.807. The van der Waals surface area contributed by atoms with Crippen LogP contribution >= 0.6 is 0 Å². The summed E-state index contributed by atoms with van der Waals surface area (Å²) < 4.78 is 18.8. The summed E-state index contributed by atoms with van der Waals surface area (Å²) in [5, 5.41) is 9.96. The van der Waals surface area contributed by atoms with E-state index in [0.29, 0.717) is 31.8 Å². The number of β-amino-alcohol motifs (C(OH)–C–C–N with tert-alkyl or cyclic N) is 1. The smallest absolute Gasteiger partial charge is 0.167 e. The lowest BCUT2D eigenvalue weighted by Crippen LogP contribution is -2.30. The fraction of sp³-hybridized carbons (Fsp3) is 0.538. The standard InChI is InChI=1S/C13H19FN2O2/c1-3-18-12-7-11(10(15)6-9(12)14)16-5-4-13(2,17)8-16/h6-7,17H,3-5,8,15H2,1-2H3. The highest BCUT2D eigenvalue weighted by molar-refractivity contribution is 5.70. The molecular formula is C13H19FN2O2. The third kappa shape index (κ3) is 2.51. The molecule has 5 heteroatoms. The Hall–Kier alpha value is -1.49. The number of aliphatic hydroxyl groups is 1. The third-order valence-electron chi connectivity index (χ3n) is 3.17. The number of hydrogen-bond donors (Lipinski definition) is 2. The number of rotatable bonds is 3. The second-order valence-electron chi connectivity index (χ2n) is 4.94. The number of ether oxygens (including phenoxy) is 1. The van der Waals surface area contributed by atoms with Crippen molar-refractivity contribution in [2.24, 2.45) is 0 Å². The molecule has 3 N–H and O–H groups in total. The van der Waals surface area contributed by atoms with Crippen LogP contribution in [-0.4, -0.2) is 30.4 Å². The van der Waals surface area contributed by atoms with E-state index < -0.39 is 11.4 Å². The zero-order chi connectivity index (χ0) is 13.3. The van der Waals surface area contributed by atoms with E-state index in [9.17, 15) is 9.50 Å². The maximum absolute atomic E-state index is 13.6. The van der Waals surface area contributed by atoms with Gasteiger partial charge in [0.1, 0.15) is 0 Å². The molecule has 0 amide bonds. The average molecular weight is 254 g/mol. The lowest BCUT2D eigenvalue weighted by Gasteiger charge is -2.23. The molecule has 1 atom stereocenters. The number of benzene rings is 1. The molecule has 4 nitrogen and oxygen atoms in total. The predicted octanol–water partition coefficient (Wildman–Crippen LogP) is 1.77.